The van der Waals surface area contributed by atoms with Gasteiger partial charge < -0.3 is 14.8 Å². The normalized spacial score (nSPS) is 11.3. The molecule has 0 aliphatic rings. The van der Waals surface area contributed by atoms with Crippen LogP contribution in [0.1, 0.15) is 12.5 Å². The van der Waals surface area contributed by atoms with Crippen molar-refractivity contribution >= 4 is 23.3 Å². The molecule has 8 nitrogen and oxygen atoms in total. The van der Waals surface area contributed by atoms with Crippen LogP contribution in [0.3, 0.4) is 0 Å². The molecule has 26 heavy (non-hydrogen) atoms. The van der Waals surface area contributed by atoms with Gasteiger partial charge >= 0.3 is 5.97 Å². The number of amides is 1. The second-order valence-electron chi connectivity index (χ2n) is 5.54. The maximum absolute atomic E-state index is 11.9. The molecule has 0 aliphatic heterocycles. The molecular formula is C18H18N2O6. The molecule has 8 heteroatoms. The highest BCUT2D eigenvalue weighted by Crippen LogP contribution is 2.16. The molecule has 2 aromatic rings. The SMILES string of the molecule is Cc1cccc(O[C@@H](C)C(=O)OCC(=O)Nc2ccc([N+](=O)[O-])cc2)c1. The number of rotatable bonds is 7. The standard InChI is InChI=1S/C18H18N2O6/c1-12-4-3-5-16(10-12)26-13(2)18(22)25-11-17(21)19-14-6-8-15(9-7-14)20(23)24/h3-10,13H,11H2,1-2H3,(H,19,21)/t13-/m0/s1. The van der Waals surface area contributed by atoms with Crippen molar-refractivity contribution in [2.45, 2.75) is 20.0 Å². The molecule has 0 saturated carbocycles. The maximum atomic E-state index is 11.9. The fourth-order valence-corrected chi connectivity index (χ4v) is 2.06. The molecular weight excluding hydrogens is 340 g/mol. The van der Waals surface area contributed by atoms with Gasteiger partial charge in [-0.1, -0.05) is 12.1 Å². The van der Waals surface area contributed by atoms with Crippen LogP contribution in [-0.2, 0) is 14.3 Å². The number of esters is 1. The summed E-state index contributed by atoms with van der Waals surface area (Å²) in [4.78, 5) is 33.7. The molecule has 1 amide bonds. The molecule has 0 spiro atoms. The minimum Gasteiger partial charge on any atom is -0.479 e. The molecule has 1 N–H and O–H groups in total. The van der Waals surface area contributed by atoms with E-state index in [1.807, 2.05) is 13.0 Å². The average molecular weight is 358 g/mol. The predicted octanol–water partition coefficient (Wildman–Crippen LogP) is 2.85. The van der Waals surface area contributed by atoms with E-state index in [0.717, 1.165) is 5.56 Å². The monoisotopic (exact) mass is 358 g/mol. The van der Waals surface area contributed by atoms with Gasteiger partial charge in [0.1, 0.15) is 5.75 Å². The van der Waals surface area contributed by atoms with Crippen LogP contribution in [0.15, 0.2) is 48.5 Å². The van der Waals surface area contributed by atoms with Crippen molar-refractivity contribution in [2.75, 3.05) is 11.9 Å². The zero-order valence-electron chi connectivity index (χ0n) is 14.3. The number of anilines is 1. The molecule has 1 atom stereocenters. The summed E-state index contributed by atoms with van der Waals surface area (Å²) < 4.78 is 10.4. The molecule has 0 saturated heterocycles. The Morgan fingerprint density at radius 2 is 1.88 bits per heavy atom. The van der Waals surface area contributed by atoms with Crippen LogP contribution < -0.4 is 10.1 Å². The number of nitrogens with zero attached hydrogens (tertiary/aromatic N) is 1. The number of nitro benzene ring substituents is 1. The molecule has 0 aliphatic carbocycles. The molecule has 0 heterocycles. The molecule has 136 valence electrons. The lowest BCUT2D eigenvalue weighted by Crippen LogP contribution is -2.29. The van der Waals surface area contributed by atoms with E-state index in [4.69, 9.17) is 9.47 Å². The minimum absolute atomic E-state index is 0.0865. The highest BCUT2D eigenvalue weighted by molar-refractivity contribution is 5.93. The Balaban J connectivity index is 1.80. The molecule has 0 fully saturated rings. The Morgan fingerprint density at radius 3 is 2.50 bits per heavy atom. The first-order valence-corrected chi connectivity index (χ1v) is 7.79. The molecule has 0 unspecified atom stereocenters. The van der Waals surface area contributed by atoms with Crippen LogP contribution in [0.25, 0.3) is 0 Å². The van der Waals surface area contributed by atoms with Crippen molar-refractivity contribution in [1.29, 1.82) is 0 Å². The third-order valence-corrected chi connectivity index (χ3v) is 3.34. The van der Waals surface area contributed by atoms with Gasteiger partial charge in [0, 0.05) is 17.8 Å². The fourth-order valence-electron chi connectivity index (χ4n) is 2.06. The van der Waals surface area contributed by atoms with Crippen molar-refractivity contribution < 1.29 is 24.0 Å². The van der Waals surface area contributed by atoms with E-state index in [0.29, 0.717) is 11.4 Å². The zero-order chi connectivity index (χ0) is 19.1. The number of non-ortho nitro benzene ring substituents is 1. The van der Waals surface area contributed by atoms with E-state index in [-0.39, 0.29) is 5.69 Å². The summed E-state index contributed by atoms with van der Waals surface area (Å²) in [5.41, 5.74) is 1.27. The number of hydrogen-bond acceptors (Lipinski definition) is 6. The summed E-state index contributed by atoms with van der Waals surface area (Å²) >= 11 is 0. The molecule has 0 radical (unpaired) electrons. The summed E-state index contributed by atoms with van der Waals surface area (Å²) in [6.07, 6.45) is -0.871. The number of aryl methyl sites for hydroxylation is 1. The largest absolute Gasteiger partial charge is 0.479 e. The first-order valence-electron chi connectivity index (χ1n) is 7.79. The first kappa shape index (κ1) is 18.9. The van der Waals surface area contributed by atoms with E-state index in [2.05, 4.69) is 5.32 Å². The smallest absolute Gasteiger partial charge is 0.347 e. The summed E-state index contributed by atoms with van der Waals surface area (Å²) in [5.74, 6) is -0.704. The lowest BCUT2D eigenvalue weighted by molar-refractivity contribution is -0.384. The van der Waals surface area contributed by atoms with Gasteiger partial charge in [-0.2, -0.15) is 0 Å². The van der Waals surface area contributed by atoms with Crippen molar-refractivity contribution in [3.63, 3.8) is 0 Å². The molecule has 2 aromatic carbocycles. The number of carbonyl (C=O) groups is 2. The summed E-state index contributed by atoms with van der Waals surface area (Å²) in [5, 5.41) is 13.1. The summed E-state index contributed by atoms with van der Waals surface area (Å²) in [6.45, 7) is 2.94. The highest BCUT2D eigenvalue weighted by Gasteiger charge is 2.18. The number of nitrogens with one attached hydrogen (secondary N) is 1. The number of carbonyl (C=O) groups excluding carboxylic acids is 2. The summed E-state index contributed by atoms with van der Waals surface area (Å²) in [7, 11) is 0. The van der Waals surface area contributed by atoms with Crippen molar-refractivity contribution in [2.24, 2.45) is 0 Å². The van der Waals surface area contributed by atoms with Gasteiger partial charge in [0.05, 0.1) is 4.92 Å². The fraction of sp³-hybridized carbons (Fsp3) is 0.222. The lowest BCUT2D eigenvalue weighted by atomic mass is 10.2. The predicted molar refractivity (Wildman–Crippen MR) is 94.0 cm³/mol. The molecule has 0 aromatic heterocycles. The van der Waals surface area contributed by atoms with Crippen LogP contribution in [0, 0.1) is 17.0 Å². The average Bonchev–Trinajstić information content (AvgIpc) is 2.60. The van der Waals surface area contributed by atoms with Crippen molar-refractivity contribution in [3.8, 4) is 5.75 Å². The molecule has 2 rings (SSSR count). The Hall–Kier alpha value is -3.42. The van der Waals surface area contributed by atoms with Crippen molar-refractivity contribution in [1.82, 2.24) is 0 Å². The first-order chi connectivity index (χ1) is 12.3. The quantitative estimate of drug-likeness (QED) is 0.463. The van der Waals surface area contributed by atoms with Gasteiger partial charge in [-0.3, -0.25) is 14.9 Å². The number of nitro groups is 1. The van der Waals surface area contributed by atoms with Gasteiger partial charge in [-0.05, 0) is 43.7 Å². The van der Waals surface area contributed by atoms with E-state index in [1.54, 1.807) is 18.2 Å². The van der Waals surface area contributed by atoms with Crippen LogP contribution in [0.2, 0.25) is 0 Å². The number of ether oxygens (including phenoxy) is 2. The van der Waals surface area contributed by atoms with Crippen LogP contribution in [0.5, 0.6) is 5.75 Å². The third kappa shape index (κ3) is 5.59. The maximum Gasteiger partial charge on any atom is 0.347 e. The Morgan fingerprint density at radius 1 is 1.19 bits per heavy atom. The molecule has 0 bridgehead atoms. The van der Waals surface area contributed by atoms with Gasteiger partial charge in [0.25, 0.3) is 11.6 Å². The van der Waals surface area contributed by atoms with Crippen LogP contribution >= 0.6 is 0 Å². The third-order valence-electron chi connectivity index (χ3n) is 3.34. The lowest BCUT2D eigenvalue weighted by Gasteiger charge is -2.14. The van der Waals surface area contributed by atoms with Crippen molar-refractivity contribution in [3.05, 3.63) is 64.2 Å². The van der Waals surface area contributed by atoms with E-state index in [9.17, 15) is 19.7 Å². The van der Waals surface area contributed by atoms with Crippen LogP contribution in [-0.4, -0.2) is 29.5 Å². The highest BCUT2D eigenvalue weighted by atomic mass is 16.6. The second-order valence-corrected chi connectivity index (χ2v) is 5.54. The minimum atomic E-state index is -0.871. The zero-order valence-corrected chi connectivity index (χ0v) is 14.3. The summed E-state index contributed by atoms with van der Waals surface area (Å²) in [6, 6.07) is 12.5. The number of benzene rings is 2. The van der Waals surface area contributed by atoms with Crippen LogP contribution in [0.4, 0.5) is 11.4 Å². The Bertz CT molecular complexity index is 804. The van der Waals surface area contributed by atoms with Gasteiger partial charge in [0.15, 0.2) is 12.7 Å². The topological polar surface area (TPSA) is 108 Å². The van der Waals surface area contributed by atoms with E-state index >= 15 is 0 Å². The second kappa shape index (κ2) is 8.61. The van der Waals surface area contributed by atoms with E-state index in [1.165, 1.54) is 31.2 Å². The van der Waals surface area contributed by atoms with Gasteiger partial charge in [-0.15, -0.1) is 0 Å². The van der Waals surface area contributed by atoms with Gasteiger partial charge in [-0.25, -0.2) is 4.79 Å². The van der Waals surface area contributed by atoms with Gasteiger partial charge in [0.2, 0.25) is 0 Å². The Kier molecular flexibility index (Phi) is 6.26. The Labute approximate surface area is 149 Å². The van der Waals surface area contributed by atoms with E-state index < -0.39 is 29.5 Å². The number of hydrogen-bond donors (Lipinski definition) is 1.